The van der Waals surface area contributed by atoms with E-state index >= 15 is 0 Å². The summed E-state index contributed by atoms with van der Waals surface area (Å²) in [6.07, 6.45) is 0.677. The molecule has 0 radical (unpaired) electrons. The maximum Gasteiger partial charge on any atom is 0.407 e. The van der Waals surface area contributed by atoms with Gasteiger partial charge in [0.15, 0.2) is 0 Å². The van der Waals surface area contributed by atoms with E-state index in [2.05, 4.69) is 17.2 Å². The van der Waals surface area contributed by atoms with Crippen molar-refractivity contribution >= 4 is 18.0 Å². The van der Waals surface area contributed by atoms with E-state index in [1.807, 2.05) is 48.5 Å². The lowest BCUT2D eigenvalue weighted by atomic mass is 9.98. The van der Waals surface area contributed by atoms with Crippen molar-refractivity contribution < 1.29 is 29.3 Å². The molecule has 0 heterocycles. The minimum absolute atomic E-state index is 0.0633. The lowest BCUT2D eigenvalue weighted by Gasteiger charge is -2.20. The summed E-state index contributed by atoms with van der Waals surface area (Å²) >= 11 is 0. The molecule has 0 spiro atoms. The van der Waals surface area contributed by atoms with Crippen molar-refractivity contribution in [3.8, 4) is 11.1 Å². The molecule has 3 rings (SSSR count). The Kier molecular flexibility index (Phi) is 7.04. The van der Waals surface area contributed by atoms with Gasteiger partial charge in [-0.25, -0.2) is 9.59 Å². The number of benzene rings is 2. The van der Waals surface area contributed by atoms with Crippen LogP contribution in [0.3, 0.4) is 0 Å². The molecule has 1 unspecified atom stereocenters. The number of carbonyl (C=O) groups excluding carboxylic acids is 2. The smallest absolute Gasteiger partial charge is 0.407 e. The van der Waals surface area contributed by atoms with Crippen molar-refractivity contribution in [2.24, 2.45) is 0 Å². The maximum absolute atomic E-state index is 12.4. The third kappa shape index (κ3) is 4.92. The minimum atomic E-state index is -1.47. The topological polar surface area (TPSA) is 125 Å². The molecule has 2 amide bonds. The van der Waals surface area contributed by atoms with Gasteiger partial charge in [0.1, 0.15) is 18.7 Å². The normalized spacial score (nSPS) is 14.0. The average molecular weight is 424 g/mol. The van der Waals surface area contributed by atoms with Crippen LogP contribution in [0.1, 0.15) is 23.5 Å². The van der Waals surface area contributed by atoms with E-state index in [1.54, 1.807) is 0 Å². The summed E-state index contributed by atoms with van der Waals surface area (Å²) < 4.78 is 5.42. The number of fused-ring (bicyclic) bond motifs is 3. The van der Waals surface area contributed by atoms with Gasteiger partial charge in [0, 0.05) is 5.92 Å². The van der Waals surface area contributed by atoms with Crippen molar-refractivity contribution in [3.05, 3.63) is 72.3 Å². The number of nitrogens with one attached hydrogen (secondary N) is 2. The molecule has 0 aromatic heterocycles. The zero-order valence-corrected chi connectivity index (χ0v) is 16.8. The number of carboxylic acids is 1. The van der Waals surface area contributed by atoms with Gasteiger partial charge < -0.3 is 25.6 Å². The fraction of sp³-hybridized carbons (Fsp3) is 0.261. The standard InChI is InChI=1S/C23H24N2O6/c1-2-7-19(21(27)24-20(12-26)22(28)29)25-23(30)31-13-18-16-10-5-3-8-14(16)15-9-4-6-11-17(15)18/h2-6,8-11,18-20,26H,1,7,12-13H2,(H,24,27)(H,25,30)(H,28,29)/t19?,20-/m1/s1. The SMILES string of the molecule is C=CCC(NC(=O)OCC1c2ccccc2-c2ccccc21)C(=O)N[C@H](CO)C(=O)O. The summed E-state index contributed by atoms with van der Waals surface area (Å²) in [5.74, 6) is -2.26. The average Bonchev–Trinajstić information content (AvgIpc) is 3.09. The van der Waals surface area contributed by atoms with E-state index in [4.69, 9.17) is 14.9 Å². The van der Waals surface area contributed by atoms with E-state index in [0.29, 0.717) is 0 Å². The van der Waals surface area contributed by atoms with Crippen LogP contribution < -0.4 is 10.6 Å². The number of ether oxygens (including phenoxy) is 1. The number of aliphatic hydroxyl groups excluding tert-OH is 1. The van der Waals surface area contributed by atoms with Gasteiger partial charge in [0.05, 0.1) is 6.61 Å². The highest BCUT2D eigenvalue weighted by atomic mass is 16.5. The molecule has 8 nitrogen and oxygen atoms in total. The van der Waals surface area contributed by atoms with Gasteiger partial charge in [-0.1, -0.05) is 54.6 Å². The van der Waals surface area contributed by atoms with Gasteiger partial charge >= 0.3 is 12.1 Å². The number of carboxylic acid groups (broad SMARTS) is 1. The summed E-state index contributed by atoms with van der Waals surface area (Å²) in [4.78, 5) is 35.7. The van der Waals surface area contributed by atoms with Gasteiger partial charge in [-0.15, -0.1) is 6.58 Å². The second-order valence-corrected chi connectivity index (χ2v) is 7.13. The van der Waals surface area contributed by atoms with Crippen LogP contribution in [0.15, 0.2) is 61.2 Å². The molecule has 0 bridgehead atoms. The number of aliphatic carboxylic acids is 1. The Hall–Kier alpha value is -3.65. The van der Waals surface area contributed by atoms with Crippen molar-refractivity contribution in [3.63, 3.8) is 0 Å². The molecule has 2 aromatic rings. The Bertz CT molecular complexity index is 944. The molecule has 2 atom stereocenters. The number of carbonyl (C=O) groups is 3. The first-order valence-electron chi connectivity index (χ1n) is 9.82. The predicted octanol–water partition coefficient (Wildman–Crippen LogP) is 2.03. The lowest BCUT2D eigenvalue weighted by molar-refractivity contribution is -0.143. The van der Waals surface area contributed by atoms with Crippen LogP contribution in [-0.4, -0.2) is 53.5 Å². The molecule has 31 heavy (non-hydrogen) atoms. The number of hydrogen-bond donors (Lipinski definition) is 4. The van der Waals surface area contributed by atoms with Crippen molar-refractivity contribution in [1.82, 2.24) is 10.6 Å². The number of alkyl carbamates (subject to hydrolysis) is 1. The molecular weight excluding hydrogens is 400 g/mol. The second-order valence-electron chi connectivity index (χ2n) is 7.13. The molecule has 1 aliphatic carbocycles. The molecule has 162 valence electrons. The van der Waals surface area contributed by atoms with Crippen LogP contribution in [0.5, 0.6) is 0 Å². The number of aliphatic hydroxyl groups is 1. The van der Waals surface area contributed by atoms with Crippen LogP contribution >= 0.6 is 0 Å². The highest BCUT2D eigenvalue weighted by Gasteiger charge is 2.30. The summed E-state index contributed by atoms with van der Waals surface area (Å²) in [5, 5.41) is 22.7. The molecule has 4 N–H and O–H groups in total. The monoisotopic (exact) mass is 424 g/mol. The highest BCUT2D eigenvalue weighted by molar-refractivity contribution is 5.89. The summed E-state index contributed by atoms with van der Waals surface area (Å²) in [6.45, 7) is 2.85. The summed E-state index contributed by atoms with van der Waals surface area (Å²) in [6, 6.07) is 13.3. The van der Waals surface area contributed by atoms with E-state index in [0.717, 1.165) is 22.3 Å². The third-order valence-electron chi connectivity index (χ3n) is 5.15. The van der Waals surface area contributed by atoms with Crippen LogP contribution in [-0.2, 0) is 14.3 Å². The Morgan fingerprint density at radius 3 is 2.10 bits per heavy atom. The van der Waals surface area contributed by atoms with Crippen LogP contribution in [0.2, 0.25) is 0 Å². The zero-order valence-electron chi connectivity index (χ0n) is 16.8. The first-order chi connectivity index (χ1) is 15.0. The first kappa shape index (κ1) is 22.0. The van der Waals surface area contributed by atoms with Gasteiger partial charge in [-0.3, -0.25) is 4.79 Å². The van der Waals surface area contributed by atoms with Gasteiger partial charge in [-0.2, -0.15) is 0 Å². The van der Waals surface area contributed by atoms with Crippen LogP contribution in [0, 0.1) is 0 Å². The van der Waals surface area contributed by atoms with Gasteiger partial charge in [0.2, 0.25) is 5.91 Å². The van der Waals surface area contributed by atoms with Crippen molar-refractivity contribution in [1.29, 1.82) is 0 Å². The van der Waals surface area contributed by atoms with E-state index in [1.165, 1.54) is 6.08 Å². The Labute approximate surface area is 179 Å². The molecular formula is C23H24N2O6. The first-order valence-corrected chi connectivity index (χ1v) is 9.82. The number of rotatable bonds is 9. The minimum Gasteiger partial charge on any atom is -0.480 e. The predicted molar refractivity (Wildman–Crippen MR) is 113 cm³/mol. The number of hydrogen-bond acceptors (Lipinski definition) is 5. The Balaban J connectivity index is 1.65. The Morgan fingerprint density at radius 1 is 1.00 bits per heavy atom. The third-order valence-corrected chi connectivity index (χ3v) is 5.15. The van der Waals surface area contributed by atoms with E-state index < -0.39 is 36.7 Å². The summed E-state index contributed by atoms with van der Waals surface area (Å²) in [7, 11) is 0. The van der Waals surface area contributed by atoms with Gasteiger partial charge in [0.25, 0.3) is 0 Å². The molecule has 1 aliphatic rings. The van der Waals surface area contributed by atoms with Crippen LogP contribution in [0.25, 0.3) is 11.1 Å². The summed E-state index contributed by atoms with van der Waals surface area (Å²) in [5.41, 5.74) is 4.31. The molecule has 0 saturated carbocycles. The van der Waals surface area contributed by atoms with E-state index in [-0.39, 0.29) is 18.9 Å². The fourth-order valence-corrected chi connectivity index (χ4v) is 3.64. The van der Waals surface area contributed by atoms with Crippen molar-refractivity contribution in [2.75, 3.05) is 13.2 Å². The maximum atomic E-state index is 12.4. The molecule has 0 aliphatic heterocycles. The fourth-order valence-electron chi connectivity index (χ4n) is 3.64. The van der Waals surface area contributed by atoms with E-state index in [9.17, 15) is 14.4 Å². The largest absolute Gasteiger partial charge is 0.480 e. The molecule has 2 aromatic carbocycles. The van der Waals surface area contributed by atoms with Crippen LogP contribution in [0.4, 0.5) is 4.79 Å². The molecule has 0 fully saturated rings. The second kappa shape index (κ2) is 9.90. The lowest BCUT2D eigenvalue weighted by Crippen LogP contribution is -2.52. The number of amides is 2. The molecule has 8 heteroatoms. The van der Waals surface area contributed by atoms with Crippen molar-refractivity contribution in [2.45, 2.75) is 24.4 Å². The zero-order chi connectivity index (χ0) is 22.4. The highest BCUT2D eigenvalue weighted by Crippen LogP contribution is 2.44. The Morgan fingerprint density at radius 2 is 1.58 bits per heavy atom. The van der Waals surface area contributed by atoms with Gasteiger partial charge in [-0.05, 0) is 28.7 Å². The quantitative estimate of drug-likeness (QED) is 0.457. The molecule has 0 saturated heterocycles.